The predicted molar refractivity (Wildman–Crippen MR) is 128 cm³/mol. The van der Waals surface area contributed by atoms with Crippen LogP contribution >= 0.6 is 11.6 Å². The summed E-state index contributed by atoms with van der Waals surface area (Å²) in [5.41, 5.74) is 1.21. The molecule has 5 aromatic rings. The van der Waals surface area contributed by atoms with E-state index >= 15 is 0 Å². The molecule has 11 heteroatoms. The van der Waals surface area contributed by atoms with Gasteiger partial charge in [-0.05, 0) is 42.5 Å². The second-order valence-electron chi connectivity index (χ2n) is 7.26. The molecule has 2 heterocycles. The third-order valence-corrected chi connectivity index (χ3v) is 7.15. The maximum atomic E-state index is 13.3. The maximum Gasteiger partial charge on any atom is 0.229 e. The van der Waals surface area contributed by atoms with Crippen LogP contribution in [0.25, 0.3) is 16.6 Å². The molecule has 0 aliphatic carbocycles. The van der Waals surface area contributed by atoms with Gasteiger partial charge in [-0.15, -0.1) is 5.10 Å². The molecule has 9 nitrogen and oxygen atoms in total. The first kappa shape index (κ1) is 21.9. The number of nitrogens with one attached hydrogen (secondary N) is 1. The smallest absolute Gasteiger partial charge is 0.229 e. The van der Waals surface area contributed by atoms with E-state index in [4.69, 9.17) is 21.1 Å². The molecule has 0 aliphatic heterocycles. The Hall–Kier alpha value is -3.89. The molecule has 2 aromatic heterocycles. The maximum absolute atomic E-state index is 13.3. The van der Waals surface area contributed by atoms with Crippen molar-refractivity contribution in [2.45, 2.75) is 9.92 Å². The minimum atomic E-state index is -3.97. The van der Waals surface area contributed by atoms with E-state index in [0.717, 1.165) is 0 Å². The molecule has 0 aliphatic rings. The normalized spacial score (nSPS) is 11.6. The molecule has 172 valence electrons. The van der Waals surface area contributed by atoms with Crippen LogP contribution in [0.5, 0.6) is 11.5 Å². The van der Waals surface area contributed by atoms with Gasteiger partial charge in [-0.25, -0.2) is 13.4 Å². The Balaban J connectivity index is 1.76. The van der Waals surface area contributed by atoms with E-state index in [1.165, 1.54) is 16.6 Å². The van der Waals surface area contributed by atoms with Gasteiger partial charge in [0, 0.05) is 16.5 Å². The van der Waals surface area contributed by atoms with Crippen LogP contribution in [-0.2, 0) is 9.84 Å². The molecule has 5 rings (SSSR count). The standard InChI is InChI=1S/C23H18ClN5O4S/c1-32-15-9-11-20(33-2)18(13-15)25-21-17-12-14(24)8-10-19(17)29-22(26-21)23(27-28-29)34(30,31)16-6-4-3-5-7-16/h3-13H,1-2H3,(H,25,26). The highest BCUT2D eigenvalue weighted by atomic mass is 35.5. The van der Waals surface area contributed by atoms with Gasteiger partial charge >= 0.3 is 0 Å². The zero-order valence-corrected chi connectivity index (χ0v) is 19.6. The lowest BCUT2D eigenvalue weighted by atomic mass is 10.2. The molecule has 0 unspecified atom stereocenters. The topological polar surface area (TPSA) is 108 Å². The van der Waals surface area contributed by atoms with Crippen LogP contribution in [0.3, 0.4) is 0 Å². The van der Waals surface area contributed by atoms with Crippen LogP contribution in [0.4, 0.5) is 11.5 Å². The number of hydrogen-bond donors (Lipinski definition) is 1. The van der Waals surface area contributed by atoms with E-state index in [1.54, 1.807) is 68.8 Å². The van der Waals surface area contributed by atoms with E-state index in [1.807, 2.05) is 0 Å². The van der Waals surface area contributed by atoms with Gasteiger partial charge < -0.3 is 14.8 Å². The van der Waals surface area contributed by atoms with E-state index in [-0.39, 0.29) is 15.6 Å². The average Bonchev–Trinajstić information content (AvgIpc) is 3.29. The van der Waals surface area contributed by atoms with Crippen molar-refractivity contribution in [2.24, 2.45) is 0 Å². The Morgan fingerprint density at radius 1 is 0.971 bits per heavy atom. The van der Waals surface area contributed by atoms with Crippen LogP contribution in [0.15, 0.2) is 76.7 Å². The number of aromatic nitrogens is 4. The lowest BCUT2D eigenvalue weighted by molar-refractivity contribution is 0.405. The monoisotopic (exact) mass is 495 g/mol. The number of hydrogen-bond acceptors (Lipinski definition) is 8. The van der Waals surface area contributed by atoms with Crippen LogP contribution in [0.1, 0.15) is 0 Å². The molecule has 0 bridgehead atoms. The highest BCUT2D eigenvalue weighted by Gasteiger charge is 2.27. The molecule has 1 N–H and O–H groups in total. The molecule has 0 radical (unpaired) electrons. The van der Waals surface area contributed by atoms with Gasteiger partial charge in [-0.3, -0.25) is 0 Å². The molecular formula is C23H18ClN5O4S. The fraction of sp³-hybridized carbons (Fsp3) is 0.0870. The molecule has 0 fully saturated rings. The average molecular weight is 496 g/mol. The second kappa shape index (κ2) is 8.47. The summed E-state index contributed by atoms with van der Waals surface area (Å²) < 4.78 is 38.8. The third-order valence-electron chi connectivity index (χ3n) is 5.24. The summed E-state index contributed by atoms with van der Waals surface area (Å²) in [6.07, 6.45) is 0. The molecule has 0 atom stereocenters. The summed E-state index contributed by atoms with van der Waals surface area (Å²) in [5, 5.41) is 12.1. The van der Waals surface area contributed by atoms with Crippen molar-refractivity contribution in [3.05, 3.63) is 71.8 Å². The van der Waals surface area contributed by atoms with Gasteiger partial charge in [0.25, 0.3) is 0 Å². The zero-order chi connectivity index (χ0) is 23.9. The zero-order valence-electron chi connectivity index (χ0n) is 18.1. The lowest BCUT2D eigenvalue weighted by Gasteiger charge is -2.14. The molecule has 0 saturated heterocycles. The Morgan fingerprint density at radius 3 is 2.50 bits per heavy atom. The summed E-state index contributed by atoms with van der Waals surface area (Å²) >= 11 is 6.27. The number of rotatable bonds is 6. The highest BCUT2D eigenvalue weighted by molar-refractivity contribution is 7.91. The Bertz CT molecular complexity index is 1640. The summed E-state index contributed by atoms with van der Waals surface area (Å²) in [6, 6.07) is 18.4. The van der Waals surface area contributed by atoms with Crippen molar-refractivity contribution in [1.29, 1.82) is 0 Å². The summed E-state index contributed by atoms with van der Waals surface area (Å²) in [4.78, 5) is 4.71. The molecule has 0 spiro atoms. The van der Waals surface area contributed by atoms with Crippen molar-refractivity contribution in [2.75, 3.05) is 19.5 Å². The van der Waals surface area contributed by atoms with Gasteiger partial charge in [0.1, 0.15) is 17.3 Å². The predicted octanol–water partition coefficient (Wildman–Crippen LogP) is 4.52. The fourth-order valence-electron chi connectivity index (χ4n) is 3.59. The number of halogens is 1. The molecule has 3 aromatic carbocycles. The SMILES string of the molecule is COc1ccc(OC)c(Nc2nc3c(S(=O)(=O)c4ccccc4)nnn3c3ccc(Cl)cc23)c1. The summed E-state index contributed by atoms with van der Waals surface area (Å²) in [5.74, 6) is 1.50. The largest absolute Gasteiger partial charge is 0.497 e. The van der Waals surface area contributed by atoms with Crippen LogP contribution in [0, 0.1) is 0 Å². The number of sulfone groups is 1. The number of nitrogens with zero attached hydrogens (tertiary/aromatic N) is 4. The van der Waals surface area contributed by atoms with Crippen molar-refractivity contribution < 1.29 is 17.9 Å². The van der Waals surface area contributed by atoms with E-state index in [2.05, 4.69) is 20.6 Å². The molecule has 0 amide bonds. The minimum Gasteiger partial charge on any atom is -0.497 e. The van der Waals surface area contributed by atoms with Gasteiger partial charge in [-0.1, -0.05) is 35.0 Å². The summed E-state index contributed by atoms with van der Waals surface area (Å²) in [6.45, 7) is 0. The van der Waals surface area contributed by atoms with Crippen LogP contribution < -0.4 is 14.8 Å². The number of anilines is 2. The number of methoxy groups -OCH3 is 2. The first-order chi connectivity index (χ1) is 16.4. The van der Waals surface area contributed by atoms with Gasteiger partial charge in [0.05, 0.1) is 30.3 Å². The minimum absolute atomic E-state index is 0.0723. The fourth-order valence-corrected chi connectivity index (χ4v) is 5.02. The summed E-state index contributed by atoms with van der Waals surface area (Å²) in [7, 11) is -0.863. The van der Waals surface area contributed by atoms with E-state index in [9.17, 15) is 8.42 Å². The molecular weight excluding hydrogens is 478 g/mol. The van der Waals surface area contributed by atoms with Crippen molar-refractivity contribution in [3.63, 3.8) is 0 Å². The number of ether oxygens (including phenoxy) is 2. The van der Waals surface area contributed by atoms with Gasteiger partial charge in [0.2, 0.25) is 14.9 Å². The van der Waals surface area contributed by atoms with Crippen molar-refractivity contribution in [3.8, 4) is 11.5 Å². The molecule has 34 heavy (non-hydrogen) atoms. The van der Waals surface area contributed by atoms with E-state index < -0.39 is 9.84 Å². The first-order valence-corrected chi connectivity index (χ1v) is 11.9. The highest BCUT2D eigenvalue weighted by Crippen LogP contribution is 2.35. The van der Waals surface area contributed by atoms with Crippen molar-refractivity contribution >= 4 is 49.5 Å². The molecule has 0 saturated carbocycles. The lowest BCUT2D eigenvalue weighted by Crippen LogP contribution is -2.06. The van der Waals surface area contributed by atoms with E-state index in [0.29, 0.717) is 38.9 Å². The Labute approximate surface area is 199 Å². The Morgan fingerprint density at radius 2 is 1.76 bits per heavy atom. The number of benzene rings is 3. The first-order valence-electron chi connectivity index (χ1n) is 10.1. The van der Waals surface area contributed by atoms with Crippen molar-refractivity contribution in [1.82, 2.24) is 19.8 Å². The van der Waals surface area contributed by atoms with Crippen LogP contribution in [0.2, 0.25) is 5.02 Å². The Kier molecular flexibility index (Phi) is 5.46. The van der Waals surface area contributed by atoms with Gasteiger partial charge in [0.15, 0.2) is 5.65 Å². The van der Waals surface area contributed by atoms with Crippen LogP contribution in [-0.4, -0.2) is 42.4 Å². The third kappa shape index (κ3) is 3.66. The quantitative estimate of drug-likeness (QED) is 0.366. The second-order valence-corrected chi connectivity index (χ2v) is 9.56. The number of fused-ring (bicyclic) bond motifs is 3. The van der Waals surface area contributed by atoms with Gasteiger partial charge in [-0.2, -0.15) is 4.52 Å².